The van der Waals surface area contributed by atoms with Crippen LogP contribution >= 0.6 is 0 Å². The molecule has 0 aliphatic heterocycles. The fourth-order valence-corrected chi connectivity index (χ4v) is 2.71. The summed E-state index contributed by atoms with van der Waals surface area (Å²) < 4.78 is 0. The second kappa shape index (κ2) is 6.57. The lowest BCUT2D eigenvalue weighted by Gasteiger charge is -2.16. The molecule has 4 heteroatoms. The van der Waals surface area contributed by atoms with Crippen molar-refractivity contribution in [2.45, 2.75) is 57.9 Å². The minimum atomic E-state index is 0.0435. The topological polar surface area (TPSA) is 57.8 Å². The lowest BCUT2D eigenvalue weighted by atomic mass is 9.96. The first kappa shape index (κ1) is 13.1. The van der Waals surface area contributed by atoms with E-state index in [-0.39, 0.29) is 11.9 Å². The van der Waals surface area contributed by atoms with Crippen molar-refractivity contribution in [3.8, 4) is 0 Å². The van der Waals surface area contributed by atoms with Gasteiger partial charge in [-0.3, -0.25) is 9.89 Å². The van der Waals surface area contributed by atoms with E-state index in [1.807, 2.05) is 13.1 Å². The van der Waals surface area contributed by atoms with Gasteiger partial charge in [0.25, 0.3) is 0 Å². The number of amides is 1. The minimum Gasteiger partial charge on any atom is -0.349 e. The molecule has 0 aromatic carbocycles. The second-order valence-electron chi connectivity index (χ2n) is 5.38. The SMILES string of the molecule is CC(NC(=O)CC1CCCCCC1)c1cn[nH]c1. The van der Waals surface area contributed by atoms with Crippen LogP contribution in [0.25, 0.3) is 0 Å². The van der Waals surface area contributed by atoms with Crippen LogP contribution in [0.5, 0.6) is 0 Å². The lowest BCUT2D eigenvalue weighted by Crippen LogP contribution is -2.28. The van der Waals surface area contributed by atoms with Crippen LogP contribution in [0.1, 0.15) is 63.5 Å². The first-order chi connectivity index (χ1) is 8.75. The van der Waals surface area contributed by atoms with E-state index in [4.69, 9.17) is 0 Å². The van der Waals surface area contributed by atoms with Gasteiger partial charge in [-0.05, 0) is 25.7 Å². The number of aromatic nitrogens is 2. The third kappa shape index (κ3) is 3.86. The Morgan fingerprint density at radius 1 is 1.44 bits per heavy atom. The van der Waals surface area contributed by atoms with E-state index >= 15 is 0 Å². The van der Waals surface area contributed by atoms with Gasteiger partial charge in [-0.15, -0.1) is 0 Å². The van der Waals surface area contributed by atoms with E-state index in [0.717, 1.165) is 5.56 Å². The summed E-state index contributed by atoms with van der Waals surface area (Å²) in [5.41, 5.74) is 1.03. The van der Waals surface area contributed by atoms with Gasteiger partial charge >= 0.3 is 0 Å². The van der Waals surface area contributed by atoms with Gasteiger partial charge in [-0.1, -0.05) is 25.7 Å². The fraction of sp³-hybridized carbons (Fsp3) is 0.714. The van der Waals surface area contributed by atoms with Gasteiger partial charge in [-0.25, -0.2) is 0 Å². The first-order valence-corrected chi connectivity index (χ1v) is 7.03. The molecule has 0 bridgehead atoms. The maximum absolute atomic E-state index is 12.0. The molecular weight excluding hydrogens is 226 g/mol. The van der Waals surface area contributed by atoms with E-state index in [1.54, 1.807) is 6.20 Å². The van der Waals surface area contributed by atoms with Gasteiger partial charge in [0.05, 0.1) is 12.2 Å². The second-order valence-corrected chi connectivity index (χ2v) is 5.38. The van der Waals surface area contributed by atoms with Gasteiger partial charge in [0.15, 0.2) is 0 Å². The monoisotopic (exact) mass is 249 g/mol. The molecule has 2 N–H and O–H groups in total. The molecule has 1 aliphatic rings. The van der Waals surface area contributed by atoms with E-state index in [2.05, 4.69) is 15.5 Å². The average molecular weight is 249 g/mol. The molecule has 1 amide bonds. The summed E-state index contributed by atoms with van der Waals surface area (Å²) in [4.78, 5) is 12.0. The van der Waals surface area contributed by atoms with E-state index in [1.165, 1.54) is 38.5 Å². The van der Waals surface area contributed by atoms with Crippen LogP contribution in [0.15, 0.2) is 12.4 Å². The third-order valence-corrected chi connectivity index (χ3v) is 3.85. The Labute approximate surface area is 109 Å². The third-order valence-electron chi connectivity index (χ3n) is 3.85. The summed E-state index contributed by atoms with van der Waals surface area (Å²) in [6.45, 7) is 2.00. The van der Waals surface area contributed by atoms with Gasteiger partial charge in [0.2, 0.25) is 5.91 Å². The van der Waals surface area contributed by atoms with E-state index in [0.29, 0.717) is 12.3 Å². The van der Waals surface area contributed by atoms with Crippen molar-refractivity contribution < 1.29 is 4.79 Å². The van der Waals surface area contributed by atoms with Crippen LogP contribution in [-0.2, 0) is 4.79 Å². The number of carbonyl (C=O) groups is 1. The van der Waals surface area contributed by atoms with Crippen molar-refractivity contribution in [1.29, 1.82) is 0 Å². The molecule has 1 fully saturated rings. The fourth-order valence-electron chi connectivity index (χ4n) is 2.71. The van der Waals surface area contributed by atoms with Crippen LogP contribution in [0.4, 0.5) is 0 Å². The Morgan fingerprint density at radius 2 is 2.17 bits per heavy atom. The highest BCUT2D eigenvalue weighted by Gasteiger charge is 2.17. The van der Waals surface area contributed by atoms with Gasteiger partial charge in [-0.2, -0.15) is 5.10 Å². The summed E-state index contributed by atoms with van der Waals surface area (Å²) in [7, 11) is 0. The number of rotatable bonds is 4. The summed E-state index contributed by atoms with van der Waals surface area (Å²) in [6, 6.07) is 0.0435. The summed E-state index contributed by atoms with van der Waals surface area (Å²) in [6.07, 6.45) is 12.0. The van der Waals surface area contributed by atoms with Crippen molar-refractivity contribution in [2.24, 2.45) is 5.92 Å². The molecule has 1 aliphatic carbocycles. The largest absolute Gasteiger partial charge is 0.349 e. The molecule has 4 nitrogen and oxygen atoms in total. The summed E-state index contributed by atoms with van der Waals surface area (Å²) in [5.74, 6) is 0.764. The molecule has 1 atom stereocenters. The molecule has 2 rings (SSSR count). The number of H-pyrrole nitrogens is 1. The van der Waals surface area contributed by atoms with Gasteiger partial charge < -0.3 is 5.32 Å². The van der Waals surface area contributed by atoms with Crippen molar-refractivity contribution in [2.75, 3.05) is 0 Å². The van der Waals surface area contributed by atoms with Crippen molar-refractivity contribution in [3.63, 3.8) is 0 Å². The maximum atomic E-state index is 12.0. The average Bonchev–Trinajstić information content (AvgIpc) is 2.76. The van der Waals surface area contributed by atoms with Crippen LogP contribution in [0, 0.1) is 5.92 Å². The molecule has 1 aromatic rings. The lowest BCUT2D eigenvalue weighted by molar-refractivity contribution is -0.122. The molecule has 0 saturated heterocycles. The van der Waals surface area contributed by atoms with Crippen LogP contribution in [0.2, 0.25) is 0 Å². The Morgan fingerprint density at radius 3 is 2.78 bits per heavy atom. The van der Waals surface area contributed by atoms with E-state index in [9.17, 15) is 4.79 Å². The van der Waals surface area contributed by atoms with Crippen LogP contribution < -0.4 is 5.32 Å². The van der Waals surface area contributed by atoms with Crippen molar-refractivity contribution in [3.05, 3.63) is 18.0 Å². The van der Waals surface area contributed by atoms with Crippen molar-refractivity contribution >= 4 is 5.91 Å². The number of carbonyl (C=O) groups excluding carboxylic acids is 1. The summed E-state index contributed by atoms with van der Waals surface area (Å²) in [5, 5.41) is 9.73. The molecule has 1 aromatic heterocycles. The number of hydrogen-bond acceptors (Lipinski definition) is 2. The number of nitrogens with one attached hydrogen (secondary N) is 2. The highest BCUT2D eigenvalue weighted by atomic mass is 16.1. The Hall–Kier alpha value is -1.32. The quantitative estimate of drug-likeness (QED) is 0.806. The summed E-state index contributed by atoms with van der Waals surface area (Å²) >= 11 is 0. The number of aromatic amines is 1. The normalized spacial score (nSPS) is 19.2. The Kier molecular flexibility index (Phi) is 4.79. The first-order valence-electron chi connectivity index (χ1n) is 7.03. The molecule has 0 spiro atoms. The molecule has 100 valence electrons. The molecule has 1 heterocycles. The molecule has 1 unspecified atom stereocenters. The smallest absolute Gasteiger partial charge is 0.220 e. The zero-order valence-corrected chi connectivity index (χ0v) is 11.1. The minimum absolute atomic E-state index is 0.0435. The number of nitrogens with zero attached hydrogens (tertiary/aromatic N) is 1. The van der Waals surface area contributed by atoms with Gasteiger partial charge in [0, 0.05) is 18.2 Å². The zero-order valence-electron chi connectivity index (χ0n) is 11.1. The predicted molar refractivity (Wildman–Crippen MR) is 71.0 cm³/mol. The predicted octanol–water partition coefficient (Wildman–Crippen LogP) is 2.95. The molecule has 18 heavy (non-hydrogen) atoms. The molecule has 1 saturated carbocycles. The molecule has 0 radical (unpaired) electrons. The maximum Gasteiger partial charge on any atom is 0.220 e. The highest BCUT2D eigenvalue weighted by molar-refractivity contribution is 5.76. The van der Waals surface area contributed by atoms with Crippen LogP contribution in [-0.4, -0.2) is 16.1 Å². The van der Waals surface area contributed by atoms with Crippen LogP contribution in [0.3, 0.4) is 0 Å². The van der Waals surface area contributed by atoms with Gasteiger partial charge in [0.1, 0.15) is 0 Å². The standard InChI is InChI=1S/C14H23N3O/c1-11(13-9-15-16-10-13)17-14(18)8-12-6-4-2-3-5-7-12/h9-12H,2-8H2,1H3,(H,15,16)(H,17,18). The zero-order chi connectivity index (χ0) is 12.8. The Bertz CT molecular complexity index is 353. The van der Waals surface area contributed by atoms with E-state index < -0.39 is 0 Å². The molecular formula is C14H23N3O. The van der Waals surface area contributed by atoms with Crippen molar-refractivity contribution in [1.82, 2.24) is 15.5 Å². The number of hydrogen-bond donors (Lipinski definition) is 2. The highest BCUT2D eigenvalue weighted by Crippen LogP contribution is 2.25. The Balaban J connectivity index is 1.77.